The Morgan fingerprint density at radius 2 is 1.82 bits per heavy atom. The van der Waals surface area contributed by atoms with E-state index in [0.717, 1.165) is 59.0 Å². The Hall–Kier alpha value is -3.92. The van der Waals surface area contributed by atoms with Crippen LogP contribution in [0.4, 0.5) is 28.8 Å². The lowest BCUT2D eigenvalue weighted by molar-refractivity contribution is 0.249. The van der Waals surface area contributed by atoms with Crippen LogP contribution >= 0.6 is 23.1 Å². The van der Waals surface area contributed by atoms with Gasteiger partial charge in [-0.05, 0) is 74.4 Å². The Balaban J connectivity index is 1.34. The van der Waals surface area contributed by atoms with E-state index >= 15 is 0 Å². The van der Waals surface area contributed by atoms with E-state index in [2.05, 4.69) is 72.6 Å². The summed E-state index contributed by atoms with van der Waals surface area (Å²) < 4.78 is 25.5. The molecular weight excluding hydrogens is 653 g/mol. The number of methoxy groups -OCH3 is 1. The summed E-state index contributed by atoms with van der Waals surface area (Å²) in [5.74, 6) is 1.55. The van der Waals surface area contributed by atoms with Gasteiger partial charge in [0.05, 0.1) is 47.2 Å². The second-order valence-electron chi connectivity index (χ2n) is 11.8. The molecule has 5 aromatic rings. The highest BCUT2D eigenvalue weighted by Crippen LogP contribution is 2.43. The number of hydrogen-bond acceptors (Lipinski definition) is 10. The van der Waals surface area contributed by atoms with E-state index in [4.69, 9.17) is 14.1 Å². The normalized spacial score (nSPS) is 14.2. The van der Waals surface area contributed by atoms with Gasteiger partial charge >= 0.3 is 0 Å². The first-order valence-electron chi connectivity index (χ1n) is 14.8. The van der Waals surface area contributed by atoms with E-state index in [9.17, 15) is 4.57 Å². The van der Waals surface area contributed by atoms with Crippen LogP contribution in [-0.4, -0.2) is 73.5 Å². The molecule has 1 fully saturated rings. The summed E-state index contributed by atoms with van der Waals surface area (Å²) in [6.45, 7) is 5.42. The Kier molecular flexibility index (Phi) is 8.86. The molecule has 2 N–H and O–H groups in total. The van der Waals surface area contributed by atoms with Crippen molar-refractivity contribution in [3.05, 3.63) is 71.9 Å². The number of anilines is 5. The Labute approximate surface area is 271 Å². The molecule has 1 aliphatic rings. The number of hydrogen-bond donors (Lipinski definition) is 2. The van der Waals surface area contributed by atoms with Crippen molar-refractivity contribution >= 4 is 68.1 Å². The highest BCUT2D eigenvalue weighted by molar-refractivity contribution is 9.10. The van der Waals surface area contributed by atoms with Crippen LogP contribution in [0.15, 0.2) is 76.3 Å². The van der Waals surface area contributed by atoms with Gasteiger partial charge in [-0.15, -0.1) is 0 Å². The van der Waals surface area contributed by atoms with Gasteiger partial charge in [-0.1, -0.05) is 18.2 Å². The summed E-state index contributed by atoms with van der Waals surface area (Å²) in [5.41, 5.74) is 5.24. The summed E-state index contributed by atoms with van der Waals surface area (Å²) in [5, 5.41) is 8.31. The summed E-state index contributed by atoms with van der Waals surface area (Å²) in [4.78, 5) is 18.6. The topological polar surface area (TPSA) is 109 Å². The highest BCUT2D eigenvalue weighted by atomic mass is 79.9. The minimum Gasteiger partial charge on any atom is -0.494 e. The van der Waals surface area contributed by atoms with Gasteiger partial charge in [-0.2, -0.15) is 4.98 Å². The molecule has 234 valence electrons. The van der Waals surface area contributed by atoms with Gasteiger partial charge in [-0.3, -0.25) is 4.98 Å². The van der Waals surface area contributed by atoms with Crippen LogP contribution in [0.25, 0.3) is 22.0 Å². The maximum atomic E-state index is 13.5. The Morgan fingerprint density at radius 3 is 2.51 bits per heavy atom. The molecule has 0 unspecified atom stereocenters. The minimum absolute atomic E-state index is 0.364. The van der Waals surface area contributed by atoms with Crippen LogP contribution in [0.5, 0.6) is 5.75 Å². The summed E-state index contributed by atoms with van der Waals surface area (Å²) in [7, 11) is 3.27. The number of furan rings is 1. The van der Waals surface area contributed by atoms with Crippen molar-refractivity contribution in [2.75, 3.05) is 63.2 Å². The summed E-state index contributed by atoms with van der Waals surface area (Å²) in [6.07, 6.45) is 9.00. The molecule has 0 radical (unpaired) electrons. The smallest absolute Gasteiger partial charge is 0.229 e. The van der Waals surface area contributed by atoms with Gasteiger partial charge in [0.1, 0.15) is 18.7 Å². The number of pyridine rings is 1. The molecule has 1 aliphatic heterocycles. The first-order chi connectivity index (χ1) is 21.6. The average Bonchev–Trinajstić information content (AvgIpc) is 3.57. The Bertz CT molecular complexity index is 1870. The average molecular weight is 691 g/mol. The van der Waals surface area contributed by atoms with Crippen molar-refractivity contribution in [2.24, 2.45) is 0 Å². The van der Waals surface area contributed by atoms with Crippen molar-refractivity contribution < 1.29 is 13.7 Å². The van der Waals surface area contributed by atoms with Gasteiger partial charge in [0.15, 0.2) is 0 Å². The molecule has 4 heterocycles. The van der Waals surface area contributed by atoms with E-state index in [-0.39, 0.29) is 0 Å². The lowest BCUT2D eigenvalue weighted by atomic mass is 9.99. The second kappa shape index (κ2) is 12.8. The van der Waals surface area contributed by atoms with Gasteiger partial charge in [0.25, 0.3) is 0 Å². The molecule has 0 saturated carbocycles. The molecular formula is C33H37BrN7O3P. The SMILES string of the molecule is COc1cc(N2CCC(N(C)C)CC2)c(-c2ccoc2)cc1Nc1ncc(Br)c(Nc2cnc3ccccc3c2P(C)(C)=O)n1. The van der Waals surface area contributed by atoms with Crippen LogP contribution in [0, 0.1) is 0 Å². The highest BCUT2D eigenvalue weighted by Gasteiger charge is 2.25. The van der Waals surface area contributed by atoms with Crippen LogP contribution < -0.4 is 25.6 Å². The van der Waals surface area contributed by atoms with Crippen LogP contribution in [0.2, 0.25) is 0 Å². The van der Waals surface area contributed by atoms with E-state index < -0.39 is 7.14 Å². The largest absolute Gasteiger partial charge is 0.494 e. The number of nitrogens with one attached hydrogen (secondary N) is 2. The molecule has 0 bridgehead atoms. The fourth-order valence-electron chi connectivity index (χ4n) is 5.93. The molecule has 3 aromatic heterocycles. The lowest BCUT2D eigenvalue weighted by Gasteiger charge is -2.37. The number of nitrogens with zero attached hydrogens (tertiary/aromatic N) is 5. The maximum Gasteiger partial charge on any atom is 0.229 e. The molecule has 45 heavy (non-hydrogen) atoms. The Morgan fingerprint density at radius 1 is 1.04 bits per heavy atom. The first kappa shape index (κ1) is 31.1. The zero-order valence-electron chi connectivity index (χ0n) is 26.0. The standard InChI is InChI=1S/C33H37BrN7O3P/c1-40(2)22-10-13-41(14-11-22)29-17-30(43-3)27(16-24(29)21-12-15-44-20-21)38-33-36-18-25(34)32(39-33)37-28-19-35-26-9-7-6-8-23(26)31(28)45(4,5)42/h6-9,12,15-20,22H,10-11,13-14H2,1-5H3,(H2,36,37,38,39). The van der Waals surface area contributed by atoms with Gasteiger partial charge in [0.2, 0.25) is 5.95 Å². The molecule has 2 aromatic carbocycles. The number of rotatable bonds is 9. The fourth-order valence-corrected chi connectivity index (χ4v) is 7.68. The van der Waals surface area contributed by atoms with Crippen molar-refractivity contribution in [1.82, 2.24) is 19.9 Å². The van der Waals surface area contributed by atoms with Gasteiger partial charge in [0, 0.05) is 58.9 Å². The van der Waals surface area contributed by atoms with Gasteiger partial charge < -0.3 is 34.2 Å². The predicted octanol–water partition coefficient (Wildman–Crippen LogP) is 7.32. The molecule has 12 heteroatoms. The molecule has 0 aliphatic carbocycles. The third-order valence-electron chi connectivity index (χ3n) is 8.21. The number of benzene rings is 2. The van der Waals surface area contributed by atoms with E-state index in [1.807, 2.05) is 30.3 Å². The zero-order chi connectivity index (χ0) is 31.7. The first-order valence-corrected chi connectivity index (χ1v) is 18.2. The second-order valence-corrected chi connectivity index (χ2v) is 15.8. The lowest BCUT2D eigenvalue weighted by Crippen LogP contribution is -2.42. The number of halogens is 1. The maximum absolute atomic E-state index is 13.5. The van der Waals surface area contributed by atoms with Crippen LogP contribution in [-0.2, 0) is 4.57 Å². The summed E-state index contributed by atoms with van der Waals surface area (Å²) >= 11 is 3.58. The van der Waals surface area contributed by atoms with Crippen LogP contribution in [0.1, 0.15) is 12.8 Å². The molecule has 0 atom stereocenters. The predicted molar refractivity (Wildman–Crippen MR) is 187 cm³/mol. The molecule has 6 rings (SSSR count). The van der Waals surface area contributed by atoms with Crippen LogP contribution in [0.3, 0.4) is 0 Å². The minimum atomic E-state index is -2.69. The number of ether oxygens (including phenoxy) is 1. The summed E-state index contributed by atoms with van der Waals surface area (Å²) in [6, 6.07) is 14.4. The van der Waals surface area contributed by atoms with Gasteiger partial charge in [-0.25, -0.2) is 4.98 Å². The van der Waals surface area contributed by atoms with E-state index in [1.54, 1.807) is 45.4 Å². The van der Waals surface area contributed by atoms with Crippen molar-refractivity contribution in [3.8, 4) is 16.9 Å². The van der Waals surface area contributed by atoms with E-state index in [1.165, 1.54) is 0 Å². The third kappa shape index (κ3) is 6.57. The molecule has 0 spiro atoms. The monoisotopic (exact) mass is 689 g/mol. The van der Waals surface area contributed by atoms with Crippen molar-refractivity contribution in [1.29, 1.82) is 0 Å². The number of fused-ring (bicyclic) bond motifs is 1. The number of aromatic nitrogens is 3. The zero-order valence-corrected chi connectivity index (χ0v) is 28.5. The molecule has 0 amide bonds. The molecule has 10 nitrogen and oxygen atoms in total. The number of para-hydroxylation sites is 1. The van der Waals surface area contributed by atoms with Crippen molar-refractivity contribution in [3.63, 3.8) is 0 Å². The van der Waals surface area contributed by atoms with E-state index in [0.29, 0.717) is 39.4 Å². The molecule has 1 saturated heterocycles. The number of piperidine rings is 1. The fraction of sp³-hybridized carbons (Fsp3) is 0.303. The third-order valence-corrected chi connectivity index (χ3v) is 10.4. The van der Waals surface area contributed by atoms with Crippen molar-refractivity contribution in [2.45, 2.75) is 18.9 Å². The quantitative estimate of drug-likeness (QED) is 0.153.